The Hall–Kier alpha value is -3.65. The number of nitrogens with one attached hydrogen (secondary N) is 1. The standard InChI is InChI=1S/C21H15FN2O2/c1-2-13-26-20-12-9-15-5-3-4-6-18(15)19(20)14-23-24-21(25)16-7-10-17(22)11-8-16/h1,3-12,14H,13H2,(H,24,25)/b23-14-. The average molecular weight is 346 g/mol. The molecule has 5 heteroatoms. The van der Waals surface area contributed by atoms with Crippen molar-refractivity contribution >= 4 is 22.9 Å². The van der Waals surface area contributed by atoms with Crippen LogP contribution in [-0.2, 0) is 0 Å². The van der Waals surface area contributed by atoms with Gasteiger partial charge in [-0.25, -0.2) is 9.82 Å². The van der Waals surface area contributed by atoms with Gasteiger partial charge in [-0.2, -0.15) is 5.10 Å². The van der Waals surface area contributed by atoms with Gasteiger partial charge >= 0.3 is 0 Å². The van der Waals surface area contributed by atoms with E-state index in [0.29, 0.717) is 16.9 Å². The highest BCUT2D eigenvalue weighted by Crippen LogP contribution is 2.26. The topological polar surface area (TPSA) is 50.7 Å². The molecule has 1 amide bonds. The summed E-state index contributed by atoms with van der Waals surface area (Å²) in [7, 11) is 0. The molecule has 3 aromatic rings. The van der Waals surface area contributed by atoms with Gasteiger partial charge in [-0.1, -0.05) is 36.3 Å². The van der Waals surface area contributed by atoms with Crippen molar-refractivity contribution in [2.45, 2.75) is 0 Å². The van der Waals surface area contributed by atoms with E-state index < -0.39 is 11.7 Å². The van der Waals surface area contributed by atoms with Gasteiger partial charge in [0.05, 0.1) is 6.21 Å². The largest absolute Gasteiger partial charge is 0.480 e. The van der Waals surface area contributed by atoms with Crippen LogP contribution in [0.2, 0.25) is 0 Å². The Balaban J connectivity index is 1.86. The number of hydrogen-bond donors (Lipinski definition) is 1. The third-order valence-electron chi connectivity index (χ3n) is 3.71. The Bertz CT molecular complexity index is 1000. The third kappa shape index (κ3) is 3.87. The van der Waals surface area contributed by atoms with Crippen LogP contribution in [0.25, 0.3) is 10.8 Å². The van der Waals surface area contributed by atoms with Gasteiger partial charge in [0.15, 0.2) is 0 Å². The zero-order valence-corrected chi connectivity index (χ0v) is 13.8. The predicted molar refractivity (Wildman–Crippen MR) is 99.7 cm³/mol. The maximum atomic E-state index is 12.9. The molecule has 0 aliphatic carbocycles. The summed E-state index contributed by atoms with van der Waals surface area (Å²) in [5.74, 6) is 2.15. The van der Waals surface area contributed by atoms with Gasteiger partial charge in [0.25, 0.3) is 5.91 Å². The molecule has 0 aromatic heterocycles. The molecule has 0 bridgehead atoms. The first-order valence-corrected chi connectivity index (χ1v) is 7.86. The quantitative estimate of drug-likeness (QED) is 0.434. The van der Waals surface area contributed by atoms with E-state index in [1.54, 1.807) is 0 Å². The lowest BCUT2D eigenvalue weighted by atomic mass is 10.0. The molecule has 0 fully saturated rings. The number of ether oxygens (including phenoxy) is 1. The molecule has 1 N–H and O–H groups in total. The van der Waals surface area contributed by atoms with E-state index in [-0.39, 0.29) is 6.61 Å². The van der Waals surface area contributed by atoms with Crippen LogP contribution in [-0.4, -0.2) is 18.7 Å². The van der Waals surface area contributed by atoms with Crippen LogP contribution >= 0.6 is 0 Å². The number of hydrazone groups is 1. The van der Waals surface area contributed by atoms with Crippen LogP contribution in [0.5, 0.6) is 5.75 Å². The van der Waals surface area contributed by atoms with Crippen LogP contribution in [0.3, 0.4) is 0 Å². The summed E-state index contributed by atoms with van der Waals surface area (Å²) in [6, 6.07) is 16.7. The Morgan fingerprint density at radius 1 is 1.15 bits per heavy atom. The second-order valence-corrected chi connectivity index (χ2v) is 5.40. The van der Waals surface area contributed by atoms with Crippen LogP contribution in [0.15, 0.2) is 65.8 Å². The fraction of sp³-hybridized carbons (Fsp3) is 0.0476. The second-order valence-electron chi connectivity index (χ2n) is 5.40. The smallest absolute Gasteiger partial charge is 0.271 e. The first-order chi connectivity index (χ1) is 12.7. The molecule has 0 saturated heterocycles. The minimum absolute atomic E-state index is 0.126. The van der Waals surface area contributed by atoms with Crippen LogP contribution in [0.4, 0.5) is 4.39 Å². The monoisotopic (exact) mass is 346 g/mol. The van der Waals surface area contributed by atoms with E-state index >= 15 is 0 Å². The number of carbonyl (C=O) groups excluding carboxylic acids is 1. The van der Waals surface area contributed by atoms with Gasteiger partial charge in [-0.3, -0.25) is 4.79 Å². The average Bonchev–Trinajstić information content (AvgIpc) is 2.67. The van der Waals surface area contributed by atoms with Gasteiger partial charge in [0.2, 0.25) is 0 Å². The van der Waals surface area contributed by atoms with Crippen LogP contribution in [0, 0.1) is 18.2 Å². The number of fused-ring (bicyclic) bond motifs is 1. The summed E-state index contributed by atoms with van der Waals surface area (Å²) in [6.45, 7) is 0.126. The maximum absolute atomic E-state index is 12.9. The van der Waals surface area contributed by atoms with Gasteiger partial charge < -0.3 is 4.74 Å². The summed E-state index contributed by atoms with van der Waals surface area (Å²) in [5, 5.41) is 5.93. The molecule has 3 rings (SSSR count). The normalized spacial score (nSPS) is 10.6. The van der Waals surface area contributed by atoms with E-state index in [1.165, 1.54) is 30.5 Å². The Labute approximate surface area is 150 Å². The molecule has 128 valence electrons. The fourth-order valence-electron chi connectivity index (χ4n) is 2.48. The number of nitrogens with zero attached hydrogens (tertiary/aromatic N) is 1. The SMILES string of the molecule is C#CCOc1ccc2ccccc2c1/C=N\NC(=O)c1ccc(F)cc1. The highest BCUT2D eigenvalue weighted by molar-refractivity contribution is 6.03. The number of amides is 1. The van der Waals surface area contributed by atoms with E-state index in [2.05, 4.69) is 16.4 Å². The van der Waals surface area contributed by atoms with Crippen LogP contribution < -0.4 is 10.2 Å². The second kappa shape index (κ2) is 7.95. The zero-order chi connectivity index (χ0) is 18.4. The van der Waals surface area contributed by atoms with E-state index in [1.807, 2.05) is 36.4 Å². The minimum atomic E-state index is -0.437. The van der Waals surface area contributed by atoms with E-state index in [4.69, 9.17) is 11.2 Å². The van der Waals surface area contributed by atoms with Gasteiger partial charge in [0.1, 0.15) is 18.2 Å². The van der Waals surface area contributed by atoms with Crippen LogP contribution in [0.1, 0.15) is 15.9 Å². The molecule has 0 atom stereocenters. The summed E-state index contributed by atoms with van der Waals surface area (Å²) >= 11 is 0. The summed E-state index contributed by atoms with van der Waals surface area (Å²) in [6.07, 6.45) is 6.77. The highest BCUT2D eigenvalue weighted by atomic mass is 19.1. The van der Waals surface area contributed by atoms with Crippen molar-refractivity contribution in [2.75, 3.05) is 6.61 Å². The Morgan fingerprint density at radius 2 is 1.92 bits per heavy atom. The number of terminal acetylenes is 1. The van der Waals surface area contributed by atoms with E-state index in [0.717, 1.165) is 10.8 Å². The van der Waals surface area contributed by atoms with Crippen molar-refractivity contribution in [3.63, 3.8) is 0 Å². The first-order valence-electron chi connectivity index (χ1n) is 7.86. The number of benzene rings is 3. The number of hydrogen-bond acceptors (Lipinski definition) is 3. The summed E-state index contributed by atoms with van der Waals surface area (Å²) in [4.78, 5) is 12.1. The zero-order valence-electron chi connectivity index (χ0n) is 13.8. The number of rotatable bonds is 5. The number of halogens is 1. The molecular weight excluding hydrogens is 331 g/mol. The van der Waals surface area contributed by atoms with E-state index in [9.17, 15) is 9.18 Å². The lowest BCUT2D eigenvalue weighted by Crippen LogP contribution is -2.17. The lowest BCUT2D eigenvalue weighted by Gasteiger charge is -2.09. The van der Waals surface area contributed by atoms with Crippen molar-refractivity contribution in [2.24, 2.45) is 5.10 Å². The van der Waals surface area contributed by atoms with Crippen molar-refractivity contribution in [3.05, 3.63) is 77.6 Å². The molecule has 3 aromatic carbocycles. The molecular formula is C21H15FN2O2. The van der Waals surface area contributed by atoms with Gasteiger partial charge in [0, 0.05) is 11.1 Å². The molecule has 0 unspecified atom stereocenters. The Kier molecular flexibility index (Phi) is 5.25. The Morgan fingerprint density at radius 3 is 2.69 bits per heavy atom. The molecule has 26 heavy (non-hydrogen) atoms. The molecule has 0 heterocycles. The highest BCUT2D eigenvalue weighted by Gasteiger charge is 2.08. The van der Waals surface area contributed by atoms with Gasteiger partial charge in [-0.05, 0) is 41.1 Å². The van der Waals surface area contributed by atoms with Crippen molar-refractivity contribution in [1.29, 1.82) is 0 Å². The van der Waals surface area contributed by atoms with Crippen molar-refractivity contribution in [3.8, 4) is 18.1 Å². The summed E-state index contributed by atoms with van der Waals surface area (Å²) in [5.41, 5.74) is 3.44. The summed E-state index contributed by atoms with van der Waals surface area (Å²) < 4.78 is 18.5. The lowest BCUT2D eigenvalue weighted by molar-refractivity contribution is 0.0955. The van der Waals surface area contributed by atoms with Crippen molar-refractivity contribution in [1.82, 2.24) is 5.43 Å². The predicted octanol–water partition coefficient (Wildman–Crippen LogP) is 3.75. The molecule has 0 saturated carbocycles. The molecule has 0 aliphatic rings. The number of carbonyl (C=O) groups is 1. The maximum Gasteiger partial charge on any atom is 0.271 e. The molecule has 0 radical (unpaired) electrons. The molecule has 0 aliphatic heterocycles. The minimum Gasteiger partial charge on any atom is -0.480 e. The van der Waals surface area contributed by atoms with Gasteiger partial charge in [-0.15, -0.1) is 6.42 Å². The third-order valence-corrected chi connectivity index (χ3v) is 3.71. The van der Waals surface area contributed by atoms with Crippen molar-refractivity contribution < 1.29 is 13.9 Å². The first kappa shape index (κ1) is 17.2. The molecule has 4 nitrogen and oxygen atoms in total. The molecule has 0 spiro atoms. The fourth-order valence-corrected chi connectivity index (χ4v) is 2.48.